The molecule has 1 aliphatic carbocycles. The Kier molecular flexibility index (Phi) is 2.66. The second-order valence-electron chi connectivity index (χ2n) is 4.75. The maximum absolute atomic E-state index is 11.1. The minimum absolute atomic E-state index is 0.347. The van der Waals surface area contributed by atoms with Gasteiger partial charge in [-0.2, -0.15) is 0 Å². The number of hydrogen-bond donors (Lipinski definition) is 2. The van der Waals surface area contributed by atoms with Crippen molar-refractivity contribution in [2.45, 2.75) is 37.5 Å². The lowest BCUT2D eigenvalue weighted by atomic mass is 10.1. The lowest BCUT2D eigenvalue weighted by Crippen LogP contribution is -2.52. The van der Waals surface area contributed by atoms with Gasteiger partial charge in [-0.15, -0.1) is 0 Å². The summed E-state index contributed by atoms with van der Waals surface area (Å²) in [7, 11) is 0. The van der Waals surface area contributed by atoms with Crippen LogP contribution in [-0.4, -0.2) is 28.4 Å². The van der Waals surface area contributed by atoms with E-state index in [0.717, 1.165) is 17.6 Å². The standard InChI is InChI=1S/C10H17N3OS/c1-10(2,8(11)14)13-9-12-5-7(15-9)6-3-4-6/h6-7H,3-5H2,1-2H3,(H2,11,14)(H,12,13). The minimum atomic E-state index is -0.704. The molecule has 3 N–H and O–H groups in total. The number of carbonyl (C=O) groups excluding carboxylic acids is 1. The van der Waals surface area contributed by atoms with E-state index in [-0.39, 0.29) is 5.91 Å². The Morgan fingerprint density at radius 2 is 2.27 bits per heavy atom. The zero-order chi connectivity index (χ0) is 11.1. The number of amidine groups is 1. The van der Waals surface area contributed by atoms with Crippen LogP contribution in [0.3, 0.4) is 0 Å². The zero-order valence-electron chi connectivity index (χ0n) is 9.12. The summed E-state index contributed by atoms with van der Waals surface area (Å²) in [6.45, 7) is 4.44. The molecule has 2 aliphatic rings. The van der Waals surface area contributed by atoms with Gasteiger partial charge in [-0.25, -0.2) is 0 Å². The lowest BCUT2D eigenvalue weighted by Gasteiger charge is -2.23. The van der Waals surface area contributed by atoms with Crippen LogP contribution in [0, 0.1) is 5.92 Å². The molecular formula is C10H17N3OS. The third-order valence-electron chi connectivity index (χ3n) is 2.86. The summed E-state index contributed by atoms with van der Waals surface area (Å²) < 4.78 is 0. The summed E-state index contributed by atoms with van der Waals surface area (Å²) in [5.74, 6) is 0.496. The molecule has 0 aromatic carbocycles. The van der Waals surface area contributed by atoms with Crippen LogP contribution < -0.4 is 11.1 Å². The number of rotatable bonds is 3. The Hall–Kier alpha value is -0.710. The van der Waals surface area contributed by atoms with Crippen molar-refractivity contribution in [3.05, 3.63) is 0 Å². The fourth-order valence-corrected chi connectivity index (χ4v) is 2.87. The molecule has 1 aliphatic heterocycles. The fraction of sp³-hybridized carbons (Fsp3) is 0.800. The number of primary amides is 1. The molecule has 2 rings (SSSR count). The van der Waals surface area contributed by atoms with E-state index in [0.29, 0.717) is 5.25 Å². The quantitative estimate of drug-likeness (QED) is 0.746. The first-order valence-electron chi connectivity index (χ1n) is 5.28. The third kappa shape index (κ3) is 2.45. The highest BCUT2D eigenvalue weighted by molar-refractivity contribution is 8.14. The van der Waals surface area contributed by atoms with Crippen LogP contribution >= 0.6 is 11.8 Å². The lowest BCUT2D eigenvalue weighted by molar-refractivity contribution is -0.122. The molecule has 0 aromatic heterocycles. The van der Waals surface area contributed by atoms with Crippen LogP contribution in [0.5, 0.6) is 0 Å². The Bertz CT molecular complexity index is 310. The summed E-state index contributed by atoms with van der Waals surface area (Å²) in [6, 6.07) is 0. The molecule has 0 saturated heterocycles. The number of amides is 1. The van der Waals surface area contributed by atoms with Crippen molar-refractivity contribution in [1.82, 2.24) is 5.32 Å². The Morgan fingerprint density at radius 1 is 1.60 bits per heavy atom. The summed E-state index contributed by atoms with van der Waals surface area (Å²) in [4.78, 5) is 15.5. The van der Waals surface area contributed by atoms with Crippen LogP contribution in [0.25, 0.3) is 0 Å². The number of aliphatic imine (C=N–C) groups is 1. The Balaban J connectivity index is 1.88. The molecule has 1 heterocycles. The van der Waals surface area contributed by atoms with Crippen molar-refractivity contribution in [2.24, 2.45) is 16.6 Å². The number of carbonyl (C=O) groups is 1. The van der Waals surface area contributed by atoms with Crippen molar-refractivity contribution in [1.29, 1.82) is 0 Å². The van der Waals surface area contributed by atoms with Gasteiger partial charge in [0.05, 0.1) is 6.54 Å². The number of hydrogen-bond acceptors (Lipinski definition) is 4. The Labute approximate surface area is 94.1 Å². The predicted molar refractivity (Wildman–Crippen MR) is 62.8 cm³/mol. The molecular weight excluding hydrogens is 210 g/mol. The highest BCUT2D eigenvalue weighted by Crippen LogP contribution is 2.41. The van der Waals surface area contributed by atoms with E-state index in [1.165, 1.54) is 12.8 Å². The van der Waals surface area contributed by atoms with Gasteiger partial charge in [0, 0.05) is 5.25 Å². The van der Waals surface area contributed by atoms with Crippen molar-refractivity contribution in [2.75, 3.05) is 6.54 Å². The summed E-state index contributed by atoms with van der Waals surface area (Å²) in [5.41, 5.74) is 4.59. The first-order chi connectivity index (χ1) is 6.99. The van der Waals surface area contributed by atoms with Crippen molar-refractivity contribution >= 4 is 22.8 Å². The predicted octanol–water partition coefficient (Wildman–Crippen LogP) is 0.721. The fourth-order valence-electron chi connectivity index (χ4n) is 1.50. The Morgan fingerprint density at radius 3 is 2.80 bits per heavy atom. The van der Waals surface area contributed by atoms with Gasteiger partial charge in [0.25, 0.3) is 0 Å². The van der Waals surface area contributed by atoms with E-state index in [2.05, 4.69) is 10.3 Å². The zero-order valence-corrected chi connectivity index (χ0v) is 9.93. The molecule has 1 saturated carbocycles. The van der Waals surface area contributed by atoms with Crippen LogP contribution in [0.4, 0.5) is 0 Å². The van der Waals surface area contributed by atoms with Gasteiger partial charge in [0.15, 0.2) is 5.17 Å². The maximum Gasteiger partial charge on any atom is 0.242 e. The van der Waals surface area contributed by atoms with Gasteiger partial charge in [-0.1, -0.05) is 11.8 Å². The van der Waals surface area contributed by atoms with Crippen LogP contribution in [0.2, 0.25) is 0 Å². The van der Waals surface area contributed by atoms with Gasteiger partial charge in [-0.3, -0.25) is 9.79 Å². The number of nitrogens with two attached hydrogens (primary N) is 1. The molecule has 84 valence electrons. The normalized spacial score (nSPS) is 26.3. The van der Waals surface area contributed by atoms with Gasteiger partial charge >= 0.3 is 0 Å². The summed E-state index contributed by atoms with van der Waals surface area (Å²) in [5, 5.41) is 4.60. The van der Waals surface area contributed by atoms with Crippen molar-refractivity contribution in [3.63, 3.8) is 0 Å². The molecule has 0 aromatic rings. The number of nitrogens with zero attached hydrogens (tertiary/aromatic N) is 1. The molecule has 1 atom stereocenters. The smallest absolute Gasteiger partial charge is 0.242 e. The first-order valence-corrected chi connectivity index (χ1v) is 6.16. The SMILES string of the molecule is CC(C)(NC1=NCC(C2CC2)S1)C(N)=O. The number of nitrogens with one attached hydrogen (secondary N) is 1. The van der Waals surface area contributed by atoms with Crippen LogP contribution in [0.15, 0.2) is 4.99 Å². The second-order valence-corrected chi connectivity index (χ2v) is 5.98. The van der Waals surface area contributed by atoms with Gasteiger partial charge in [0.1, 0.15) is 5.54 Å². The topological polar surface area (TPSA) is 67.5 Å². The van der Waals surface area contributed by atoms with Gasteiger partial charge in [0.2, 0.25) is 5.91 Å². The van der Waals surface area contributed by atoms with Crippen LogP contribution in [-0.2, 0) is 4.79 Å². The average molecular weight is 227 g/mol. The monoisotopic (exact) mass is 227 g/mol. The molecule has 15 heavy (non-hydrogen) atoms. The van der Waals surface area contributed by atoms with E-state index in [4.69, 9.17) is 5.73 Å². The van der Waals surface area contributed by atoms with E-state index in [1.807, 2.05) is 0 Å². The second kappa shape index (κ2) is 3.70. The molecule has 1 unspecified atom stereocenters. The van der Waals surface area contributed by atoms with Gasteiger partial charge in [-0.05, 0) is 32.6 Å². The van der Waals surface area contributed by atoms with E-state index >= 15 is 0 Å². The molecule has 0 bridgehead atoms. The van der Waals surface area contributed by atoms with E-state index < -0.39 is 5.54 Å². The molecule has 4 nitrogen and oxygen atoms in total. The molecule has 0 spiro atoms. The first kappa shape index (κ1) is 10.8. The van der Waals surface area contributed by atoms with Gasteiger partial charge < -0.3 is 11.1 Å². The summed E-state index contributed by atoms with van der Waals surface area (Å²) >= 11 is 1.76. The number of thioether (sulfide) groups is 1. The largest absolute Gasteiger partial charge is 0.368 e. The maximum atomic E-state index is 11.1. The highest BCUT2D eigenvalue weighted by Gasteiger charge is 2.37. The average Bonchev–Trinajstić information content (AvgIpc) is 2.88. The van der Waals surface area contributed by atoms with Crippen LogP contribution in [0.1, 0.15) is 26.7 Å². The van der Waals surface area contributed by atoms with E-state index in [1.54, 1.807) is 25.6 Å². The minimum Gasteiger partial charge on any atom is -0.368 e. The summed E-state index contributed by atoms with van der Waals surface area (Å²) in [6.07, 6.45) is 2.67. The van der Waals surface area contributed by atoms with Crippen molar-refractivity contribution < 1.29 is 4.79 Å². The molecule has 0 radical (unpaired) electrons. The van der Waals surface area contributed by atoms with E-state index in [9.17, 15) is 4.79 Å². The molecule has 1 fully saturated rings. The molecule has 1 amide bonds. The third-order valence-corrected chi connectivity index (χ3v) is 4.15. The molecule has 5 heteroatoms. The van der Waals surface area contributed by atoms with Crippen molar-refractivity contribution in [3.8, 4) is 0 Å². The highest BCUT2D eigenvalue weighted by atomic mass is 32.2.